The van der Waals surface area contributed by atoms with Crippen molar-refractivity contribution < 1.29 is 19.2 Å². The molecule has 10 nitrogen and oxygen atoms in total. The van der Waals surface area contributed by atoms with E-state index in [1.165, 1.54) is 18.2 Å². The van der Waals surface area contributed by atoms with Crippen LogP contribution in [0.2, 0.25) is 0 Å². The summed E-state index contributed by atoms with van der Waals surface area (Å²) in [6, 6.07) is 5.14. The standard InChI is InChI=1S/C12H11N5O5/c1-2-22-12(19)14-11(18)10(7-13)16-15-8-4-3-5-9(6-8)17(20)21/h3-6,10H,2H2,1H3,(H,14,18,19). The Kier molecular flexibility index (Phi) is 6.11. The number of ether oxygens (including phenoxy) is 1. The number of carbonyl (C=O) groups is 2. The van der Waals surface area contributed by atoms with Crippen LogP contribution in [0.5, 0.6) is 0 Å². The second-order valence-corrected chi connectivity index (χ2v) is 3.73. The van der Waals surface area contributed by atoms with E-state index >= 15 is 0 Å². The summed E-state index contributed by atoms with van der Waals surface area (Å²) < 4.78 is 4.48. The molecule has 0 aliphatic carbocycles. The molecule has 1 N–H and O–H groups in total. The van der Waals surface area contributed by atoms with Crippen molar-refractivity contribution in [1.29, 1.82) is 5.26 Å². The van der Waals surface area contributed by atoms with Gasteiger partial charge < -0.3 is 4.74 Å². The van der Waals surface area contributed by atoms with Crippen LogP contribution in [-0.2, 0) is 9.53 Å². The maximum atomic E-state index is 11.6. The third-order valence-electron chi connectivity index (χ3n) is 2.20. The van der Waals surface area contributed by atoms with E-state index in [2.05, 4.69) is 15.0 Å². The fraction of sp³-hybridized carbons (Fsp3) is 0.250. The second-order valence-electron chi connectivity index (χ2n) is 3.73. The fourth-order valence-electron chi connectivity index (χ4n) is 1.27. The third kappa shape index (κ3) is 4.97. The Hall–Kier alpha value is -3.35. The first-order valence-electron chi connectivity index (χ1n) is 6.00. The summed E-state index contributed by atoms with van der Waals surface area (Å²) in [5, 5.41) is 28.3. The van der Waals surface area contributed by atoms with E-state index in [0.717, 1.165) is 6.07 Å². The molecule has 10 heteroatoms. The van der Waals surface area contributed by atoms with Crippen molar-refractivity contribution >= 4 is 23.4 Å². The van der Waals surface area contributed by atoms with E-state index in [-0.39, 0.29) is 18.0 Å². The van der Waals surface area contributed by atoms with Crippen LogP contribution in [0.4, 0.5) is 16.2 Å². The predicted molar refractivity (Wildman–Crippen MR) is 72.2 cm³/mol. The number of carbonyl (C=O) groups excluding carboxylic acids is 2. The van der Waals surface area contributed by atoms with E-state index in [0.29, 0.717) is 0 Å². The fourth-order valence-corrected chi connectivity index (χ4v) is 1.27. The van der Waals surface area contributed by atoms with Gasteiger partial charge in [0.05, 0.1) is 17.2 Å². The molecular weight excluding hydrogens is 294 g/mol. The zero-order valence-electron chi connectivity index (χ0n) is 11.4. The van der Waals surface area contributed by atoms with Crippen LogP contribution >= 0.6 is 0 Å². The Balaban J connectivity index is 2.79. The molecule has 0 aliphatic heterocycles. The number of alkyl carbamates (subject to hydrolysis) is 1. The molecule has 0 bridgehead atoms. The molecule has 1 unspecified atom stereocenters. The number of imide groups is 1. The highest BCUT2D eigenvalue weighted by atomic mass is 16.6. The molecule has 1 aromatic rings. The summed E-state index contributed by atoms with van der Waals surface area (Å²) in [7, 11) is 0. The van der Waals surface area contributed by atoms with Crippen molar-refractivity contribution in [1.82, 2.24) is 5.32 Å². The lowest BCUT2D eigenvalue weighted by molar-refractivity contribution is -0.384. The highest BCUT2D eigenvalue weighted by molar-refractivity contribution is 5.96. The minimum absolute atomic E-state index is 0.0610. The number of nitriles is 1. The summed E-state index contributed by atoms with van der Waals surface area (Å²) in [5.41, 5.74) is -0.112. The number of hydrogen-bond donors (Lipinski definition) is 1. The largest absolute Gasteiger partial charge is 0.450 e. The molecule has 22 heavy (non-hydrogen) atoms. The predicted octanol–water partition coefficient (Wildman–Crippen LogP) is 1.84. The molecule has 1 rings (SSSR count). The summed E-state index contributed by atoms with van der Waals surface area (Å²) in [5.74, 6) is -1.00. The Morgan fingerprint density at radius 1 is 1.55 bits per heavy atom. The molecule has 0 radical (unpaired) electrons. The monoisotopic (exact) mass is 305 g/mol. The van der Waals surface area contributed by atoms with Gasteiger partial charge in [0, 0.05) is 12.1 Å². The molecular formula is C12H11N5O5. The van der Waals surface area contributed by atoms with E-state index < -0.39 is 23.0 Å². The number of nitrogens with zero attached hydrogens (tertiary/aromatic N) is 4. The molecule has 114 valence electrons. The van der Waals surface area contributed by atoms with Crippen molar-refractivity contribution in [2.75, 3.05) is 6.61 Å². The van der Waals surface area contributed by atoms with Crippen LogP contribution in [0.1, 0.15) is 6.92 Å². The van der Waals surface area contributed by atoms with Gasteiger partial charge in [-0.2, -0.15) is 15.5 Å². The number of rotatable bonds is 5. The van der Waals surface area contributed by atoms with Crippen LogP contribution in [0.25, 0.3) is 0 Å². The normalized spacial score (nSPS) is 11.5. The number of benzene rings is 1. The molecule has 0 spiro atoms. The van der Waals surface area contributed by atoms with Crippen LogP contribution in [-0.4, -0.2) is 29.6 Å². The first-order valence-corrected chi connectivity index (χ1v) is 6.00. The average Bonchev–Trinajstić information content (AvgIpc) is 2.48. The summed E-state index contributed by atoms with van der Waals surface area (Å²) in [6.45, 7) is 1.61. The molecule has 0 aromatic heterocycles. The number of azo groups is 1. The molecule has 0 fully saturated rings. The van der Waals surface area contributed by atoms with E-state index in [1.54, 1.807) is 13.0 Å². The summed E-state index contributed by atoms with van der Waals surface area (Å²) in [6.07, 6.45) is -1.00. The van der Waals surface area contributed by atoms with Crippen molar-refractivity contribution in [3.05, 3.63) is 34.4 Å². The maximum absolute atomic E-state index is 11.6. The maximum Gasteiger partial charge on any atom is 0.413 e. The number of nitro benzene ring substituents is 1. The SMILES string of the molecule is CCOC(=O)NC(=O)C(C#N)N=Nc1cccc([N+](=O)[O-])c1. The van der Waals surface area contributed by atoms with Crippen LogP contribution in [0.3, 0.4) is 0 Å². The number of non-ortho nitro benzene ring substituents is 1. The molecule has 0 heterocycles. The number of amides is 2. The van der Waals surface area contributed by atoms with Crippen molar-refractivity contribution in [2.45, 2.75) is 13.0 Å². The molecule has 0 saturated heterocycles. The molecule has 2 amide bonds. The van der Waals surface area contributed by atoms with E-state index in [1.807, 2.05) is 5.32 Å². The Bertz CT molecular complexity index is 652. The first kappa shape index (κ1) is 16.7. The van der Waals surface area contributed by atoms with E-state index in [4.69, 9.17) is 5.26 Å². The summed E-state index contributed by atoms with van der Waals surface area (Å²) >= 11 is 0. The average molecular weight is 305 g/mol. The van der Waals surface area contributed by atoms with Gasteiger partial charge in [-0.05, 0) is 13.0 Å². The van der Waals surface area contributed by atoms with Gasteiger partial charge in [0.15, 0.2) is 0 Å². The minimum Gasteiger partial charge on any atom is -0.450 e. The lowest BCUT2D eigenvalue weighted by Crippen LogP contribution is -2.37. The number of nitrogens with one attached hydrogen (secondary N) is 1. The lowest BCUT2D eigenvalue weighted by Gasteiger charge is -2.04. The van der Waals surface area contributed by atoms with Gasteiger partial charge in [0.25, 0.3) is 11.6 Å². The molecule has 0 aliphatic rings. The van der Waals surface area contributed by atoms with Crippen molar-refractivity contribution in [2.24, 2.45) is 10.2 Å². The Morgan fingerprint density at radius 2 is 2.27 bits per heavy atom. The number of hydrogen-bond acceptors (Lipinski definition) is 8. The van der Waals surface area contributed by atoms with Gasteiger partial charge in [0.2, 0.25) is 6.04 Å². The number of nitro groups is 1. The smallest absolute Gasteiger partial charge is 0.413 e. The van der Waals surface area contributed by atoms with Crippen molar-refractivity contribution in [3.63, 3.8) is 0 Å². The van der Waals surface area contributed by atoms with Crippen LogP contribution < -0.4 is 5.32 Å². The van der Waals surface area contributed by atoms with E-state index in [9.17, 15) is 19.7 Å². The minimum atomic E-state index is -1.58. The Morgan fingerprint density at radius 3 is 2.86 bits per heavy atom. The highest BCUT2D eigenvalue weighted by Crippen LogP contribution is 2.20. The zero-order chi connectivity index (χ0) is 16.5. The van der Waals surface area contributed by atoms with Gasteiger partial charge in [-0.1, -0.05) is 6.07 Å². The summed E-state index contributed by atoms with van der Waals surface area (Å²) in [4.78, 5) is 32.6. The van der Waals surface area contributed by atoms with Gasteiger partial charge in [0.1, 0.15) is 6.07 Å². The first-order chi connectivity index (χ1) is 10.5. The topological polar surface area (TPSA) is 147 Å². The van der Waals surface area contributed by atoms with Gasteiger partial charge in [-0.15, -0.1) is 0 Å². The quantitative estimate of drug-likeness (QED) is 0.498. The zero-order valence-corrected chi connectivity index (χ0v) is 11.4. The van der Waals surface area contributed by atoms with Gasteiger partial charge >= 0.3 is 6.09 Å². The second kappa shape index (κ2) is 8.05. The lowest BCUT2D eigenvalue weighted by atomic mass is 10.3. The molecule has 1 atom stereocenters. The van der Waals surface area contributed by atoms with Gasteiger partial charge in [-0.3, -0.25) is 20.2 Å². The molecule has 1 aromatic carbocycles. The highest BCUT2D eigenvalue weighted by Gasteiger charge is 2.20. The third-order valence-corrected chi connectivity index (χ3v) is 2.20. The Labute approximate surface area is 124 Å². The van der Waals surface area contributed by atoms with Crippen LogP contribution in [0.15, 0.2) is 34.5 Å². The molecule has 0 saturated carbocycles. The van der Waals surface area contributed by atoms with Crippen LogP contribution in [0, 0.1) is 21.4 Å². The van der Waals surface area contributed by atoms with Crippen molar-refractivity contribution in [3.8, 4) is 6.07 Å². The van der Waals surface area contributed by atoms with Gasteiger partial charge in [-0.25, -0.2) is 4.79 Å².